The molecule has 0 aliphatic carbocycles. The van der Waals surface area contributed by atoms with Gasteiger partial charge in [-0.1, -0.05) is 30.3 Å². The molecule has 0 amide bonds. The van der Waals surface area contributed by atoms with Crippen molar-refractivity contribution in [2.45, 2.75) is 77.8 Å². The van der Waals surface area contributed by atoms with E-state index in [4.69, 9.17) is 9.47 Å². The number of carbonyl (C=O) groups is 1. The zero-order valence-electron chi connectivity index (χ0n) is 21.2. The van der Waals surface area contributed by atoms with Gasteiger partial charge in [-0.2, -0.15) is 13.2 Å². The number of hydrogen-bond donors (Lipinski definition) is 1. The minimum Gasteiger partial charge on any atom is -0.476 e. The highest BCUT2D eigenvalue weighted by atomic mass is 19.4. The molecule has 0 saturated carbocycles. The lowest BCUT2D eigenvalue weighted by Gasteiger charge is -2.29. The molecule has 0 fully saturated rings. The van der Waals surface area contributed by atoms with Crippen LogP contribution in [0.15, 0.2) is 54.7 Å². The lowest BCUT2D eigenvalue weighted by atomic mass is 10.0. The maximum Gasteiger partial charge on any atom is 0.416 e. The number of rotatable bonds is 9. The second kappa shape index (κ2) is 10.9. The Bertz CT molecular complexity index is 1080. The summed E-state index contributed by atoms with van der Waals surface area (Å²) in [6.07, 6.45) is -1.11. The van der Waals surface area contributed by atoms with Crippen molar-refractivity contribution in [2.75, 3.05) is 0 Å². The van der Waals surface area contributed by atoms with Gasteiger partial charge in [0.1, 0.15) is 11.4 Å². The summed E-state index contributed by atoms with van der Waals surface area (Å²) in [5.74, 6) is -3.41. The van der Waals surface area contributed by atoms with Gasteiger partial charge < -0.3 is 14.8 Å². The minimum absolute atomic E-state index is 0.139. The summed E-state index contributed by atoms with van der Waals surface area (Å²) in [6, 6.07) is 9.61. The quantitative estimate of drug-likeness (QED) is 0.285. The molecule has 36 heavy (non-hydrogen) atoms. The number of carbonyl (C=O) groups excluding carboxylic acids is 1. The summed E-state index contributed by atoms with van der Waals surface area (Å²) < 4.78 is 78.3. The normalized spacial score (nSPS) is 13.1. The van der Waals surface area contributed by atoms with Crippen molar-refractivity contribution < 1.29 is 36.2 Å². The molecule has 0 aromatic heterocycles. The number of ether oxygens (including phenoxy) is 2. The van der Waals surface area contributed by atoms with Gasteiger partial charge in [0, 0.05) is 19.0 Å². The topological polar surface area (TPSA) is 47.6 Å². The maximum atomic E-state index is 13.5. The Morgan fingerprint density at radius 2 is 1.61 bits per heavy atom. The number of esters is 1. The highest BCUT2D eigenvalue weighted by molar-refractivity contribution is 5.79. The van der Waals surface area contributed by atoms with Crippen LogP contribution in [0, 0.1) is 0 Å². The van der Waals surface area contributed by atoms with Crippen molar-refractivity contribution in [1.29, 1.82) is 0 Å². The first-order valence-electron chi connectivity index (χ1n) is 11.4. The maximum absolute atomic E-state index is 13.5. The molecule has 0 spiro atoms. The number of hydrogen-bond acceptors (Lipinski definition) is 4. The average molecular weight is 514 g/mol. The summed E-state index contributed by atoms with van der Waals surface area (Å²) in [5, 5.41) is 2.77. The molecule has 1 N–H and O–H groups in total. The highest BCUT2D eigenvalue weighted by Gasteiger charge is 2.36. The SMILES string of the molecule is CC(C)(C)OC(=O)C(C)(C)Oc1cccc(C/C=C/NCc2ccc(C(C)(F)F)cc2C(F)(F)F)c1. The molecule has 9 heteroatoms. The number of benzene rings is 2. The van der Waals surface area contributed by atoms with Gasteiger partial charge in [-0.3, -0.25) is 0 Å². The summed E-state index contributed by atoms with van der Waals surface area (Å²) in [6.45, 7) is 8.90. The van der Waals surface area contributed by atoms with Crippen LogP contribution in [0.25, 0.3) is 0 Å². The second-order valence-electron chi connectivity index (χ2n) is 10.0. The molecular weight excluding hydrogens is 481 g/mol. The molecule has 4 nitrogen and oxygen atoms in total. The van der Waals surface area contributed by atoms with Crippen LogP contribution in [0.4, 0.5) is 22.0 Å². The van der Waals surface area contributed by atoms with Crippen molar-refractivity contribution in [1.82, 2.24) is 5.32 Å². The smallest absolute Gasteiger partial charge is 0.416 e. The van der Waals surface area contributed by atoms with Crippen LogP contribution in [0.1, 0.15) is 63.8 Å². The van der Waals surface area contributed by atoms with Crippen LogP contribution < -0.4 is 10.1 Å². The number of halogens is 5. The van der Waals surface area contributed by atoms with Gasteiger partial charge in [0.2, 0.25) is 0 Å². The van der Waals surface area contributed by atoms with E-state index >= 15 is 0 Å². The molecule has 0 saturated heterocycles. The summed E-state index contributed by atoms with van der Waals surface area (Å²) in [5.41, 5.74) is -2.94. The van der Waals surface area contributed by atoms with Crippen molar-refractivity contribution in [2.24, 2.45) is 0 Å². The van der Waals surface area contributed by atoms with Gasteiger partial charge in [-0.25, -0.2) is 13.6 Å². The fourth-order valence-corrected chi connectivity index (χ4v) is 3.19. The van der Waals surface area contributed by atoms with Crippen LogP contribution in [0.2, 0.25) is 0 Å². The van der Waals surface area contributed by atoms with Gasteiger partial charge in [-0.15, -0.1) is 0 Å². The van der Waals surface area contributed by atoms with Gasteiger partial charge in [-0.05, 0) is 76.6 Å². The fraction of sp³-hybridized carbons (Fsp3) is 0.444. The molecule has 0 radical (unpaired) electrons. The Hall–Kier alpha value is -3.10. The second-order valence-corrected chi connectivity index (χ2v) is 10.0. The van der Waals surface area contributed by atoms with E-state index in [1.54, 1.807) is 58.9 Å². The Labute approximate surface area is 208 Å². The van der Waals surface area contributed by atoms with Crippen LogP contribution >= 0.6 is 0 Å². The first-order chi connectivity index (χ1) is 16.4. The molecule has 0 aliphatic heterocycles. The van der Waals surface area contributed by atoms with E-state index in [9.17, 15) is 26.7 Å². The van der Waals surface area contributed by atoms with Crippen LogP contribution in [-0.4, -0.2) is 17.2 Å². The third-order valence-electron chi connectivity index (χ3n) is 4.97. The first kappa shape index (κ1) is 29.1. The van der Waals surface area contributed by atoms with Crippen LogP contribution in [-0.2, 0) is 34.6 Å². The Kier molecular flexibility index (Phi) is 8.81. The van der Waals surface area contributed by atoms with Crippen molar-refractivity contribution in [3.05, 3.63) is 77.0 Å². The predicted octanol–water partition coefficient (Wildman–Crippen LogP) is 7.16. The summed E-state index contributed by atoms with van der Waals surface area (Å²) in [7, 11) is 0. The zero-order chi connectivity index (χ0) is 27.4. The lowest BCUT2D eigenvalue weighted by molar-refractivity contribution is -0.170. The van der Waals surface area contributed by atoms with Gasteiger partial charge in [0.15, 0.2) is 5.60 Å². The molecule has 0 aliphatic rings. The van der Waals surface area contributed by atoms with E-state index < -0.39 is 40.4 Å². The molecule has 0 atom stereocenters. The van der Waals surface area contributed by atoms with Crippen molar-refractivity contribution in [3.8, 4) is 5.75 Å². The zero-order valence-corrected chi connectivity index (χ0v) is 21.2. The van der Waals surface area contributed by atoms with Crippen molar-refractivity contribution in [3.63, 3.8) is 0 Å². The average Bonchev–Trinajstić information content (AvgIpc) is 2.71. The number of alkyl halides is 5. The molecular formula is C27H32F5NO3. The predicted molar refractivity (Wildman–Crippen MR) is 128 cm³/mol. The van der Waals surface area contributed by atoms with E-state index in [2.05, 4.69) is 5.32 Å². The van der Waals surface area contributed by atoms with E-state index in [0.717, 1.165) is 17.7 Å². The molecule has 198 valence electrons. The van der Waals surface area contributed by atoms with E-state index in [1.807, 2.05) is 6.07 Å². The standard InChI is InChI=1S/C27H32F5NO3/c1-24(2,3)36-23(34)25(4,5)35-21-11-7-9-18(15-21)10-8-14-33-17-19-12-13-20(26(6,28)29)16-22(19)27(30,31)32/h7-9,11-16,33H,10,17H2,1-6H3/b14-8+. The van der Waals surface area contributed by atoms with Gasteiger partial charge in [0.25, 0.3) is 5.92 Å². The van der Waals surface area contributed by atoms with Crippen LogP contribution in [0.3, 0.4) is 0 Å². The van der Waals surface area contributed by atoms with E-state index in [1.165, 1.54) is 6.20 Å². The van der Waals surface area contributed by atoms with Crippen molar-refractivity contribution >= 4 is 5.97 Å². The van der Waals surface area contributed by atoms with Gasteiger partial charge in [0.05, 0.1) is 5.56 Å². The van der Waals surface area contributed by atoms with Gasteiger partial charge >= 0.3 is 12.1 Å². The first-order valence-corrected chi connectivity index (χ1v) is 11.4. The van der Waals surface area contributed by atoms with E-state index in [0.29, 0.717) is 25.2 Å². The molecule has 2 aromatic carbocycles. The molecule has 2 rings (SSSR count). The highest BCUT2D eigenvalue weighted by Crippen LogP contribution is 2.36. The summed E-state index contributed by atoms with van der Waals surface area (Å²) in [4.78, 5) is 12.4. The van der Waals surface area contributed by atoms with E-state index in [-0.39, 0.29) is 12.1 Å². The third-order valence-corrected chi connectivity index (χ3v) is 4.97. The summed E-state index contributed by atoms with van der Waals surface area (Å²) >= 11 is 0. The fourth-order valence-electron chi connectivity index (χ4n) is 3.19. The largest absolute Gasteiger partial charge is 0.476 e. The van der Waals surface area contributed by atoms with Crippen LogP contribution in [0.5, 0.6) is 5.75 Å². The lowest BCUT2D eigenvalue weighted by Crippen LogP contribution is -2.43. The molecule has 0 bridgehead atoms. The number of nitrogens with one attached hydrogen (secondary N) is 1. The number of allylic oxidation sites excluding steroid dienone is 1. The Morgan fingerprint density at radius 3 is 2.19 bits per heavy atom. The monoisotopic (exact) mass is 513 g/mol. The Balaban J connectivity index is 2.01. The molecule has 0 heterocycles. The molecule has 0 unspecified atom stereocenters. The molecule has 2 aromatic rings. The Morgan fingerprint density at radius 1 is 0.944 bits per heavy atom. The third kappa shape index (κ3) is 8.84. The minimum atomic E-state index is -4.75.